The normalized spacial score (nSPS) is 16.5. The van der Waals surface area contributed by atoms with Crippen molar-refractivity contribution in [3.8, 4) is 0 Å². The van der Waals surface area contributed by atoms with Gasteiger partial charge in [-0.2, -0.15) is 22.7 Å². The van der Waals surface area contributed by atoms with Gasteiger partial charge >= 0.3 is 6.18 Å². The van der Waals surface area contributed by atoms with Crippen LogP contribution in [0.25, 0.3) is 5.78 Å². The lowest BCUT2D eigenvalue weighted by molar-refractivity contribution is -0.144. The minimum atomic E-state index is -4.58. The quantitative estimate of drug-likeness (QED) is 0.860. The maximum absolute atomic E-state index is 12.7. The van der Waals surface area contributed by atoms with Crippen LogP contribution < -0.4 is 4.90 Å². The predicted molar refractivity (Wildman–Crippen MR) is 68.1 cm³/mol. The molecule has 1 saturated heterocycles. The van der Waals surface area contributed by atoms with Crippen molar-refractivity contribution in [3.63, 3.8) is 0 Å². The molecule has 0 spiro atoms. The number of rotatable bonds is 3. The summed E-state index contributed by atoms with van der Waals surface area (Å²) in [7, 11) is 1.63. The monoisotopic (exact) mass is 301 g/mol. The summed E-state index contributed by atoms with van der Waals surface area (Å²) < 4.78 is 44.4. The molecule has 21 heavy (non-hydrogen) atoms. The van der Waals surface area contributed by atoms with E-state index in [1.54, 1.807) is 20.1 Å². The Hall–Kier alpha value is -1.90. The fourth-order valence-electron chi connectivity index (χ4n) is 2.41. The molecular weight excluding hydrogens is 287 g/mol. The molecule has 2 aromatic heterocycles. The zero-order valence-electron chi connectivity index (χ0n) is 11.6. The van der Waals surface area contributed by atoms with Gasteiger partial charge in [-0.05, 0) is 6.92 Å². The summed E-state index contributed by atoms with van der Waals surface area (Å²) in [5, 5.41) is 3.54. The van der Waals surface area contributed by atoms with Gasteiger partial charge in [0.15, 0.2) is 0 Å². The van der Waals surface area contributed by atoms with Gasteiger partial charge < -0.3 is 9.64 Å². The smallest absolute Gasteiger partial charge is 0.384 e. The third-order valence-corrected chi connectivity index (χ3v) is 3.36. The number of aromatic nitrogens is 4. The number of aryl methyl sites for hydroxylation is 1. The number of nitrogens with zero attached hydrogens (tertiary/aromatic N) is 5. The van der Waals surface area contributed by atoms with Crippen LogP contribution in [-0.4, -0.2) is 46.4 Å². The lowest BCUT2D eigenvalue weighted by atomic mass is 10.0. The molecule has 114 valence electrons. The van der Waals surface area contributed by atoms with Crippen LogP contribution in [0.2, 0.25) is 0 Å². The standard InChI is InChI=1S/C12H14F3N5O/c1-7-3-9(19-4-8(5-19)6-21-2)20-11(16-7)17-10(18-20)12(13,14)15/h3,8H,4-6H2,1-2H3. The van der Waals surface area contributed by atoms with E-state index in [1.807, 2.05) is 4.90 Å². The molecule has 0 N–H and O–H groups in total. The van der Waals surface area contributed by atoms with E-state index in [0.717, 1.165) is 4.52 Å². The molecule has 0 aliphatic carbocycles. The summed E-state index contributed by atoms with van der Waals surface area (Å²) in [5.74, 6) is -0.250. The number of hydrogen-bond acceptors (Lipinski definition) is 5. The van der Waals surface area contributed by atoms with E-state index in [-0.39, 0.29) is 5.78 Å². The average molecular weight is 301 g/mol. The SMILES string of the molecule is COCC1CN(c2cc(C)nc3nc(C(F)(F)F)nn23)C1. The highest BCUT2D eigenvalue weighted by molar-refractivity contribution is 5.49. The summed E-state index contributed by atoms with van der Waals surface area (Å²) >= 11 is 0. The van der Waals surface area contributed by atoms with Crippen LogP contribution >= 0.6 is 0 Å². The second-order valence-electron chi connectivity index (χ2n) is 5.13. The van der Waals surface area contributed by atoms with Crippen LogP contribution in [0, 0.1) is 12.8 Å². The molecule has 6 nitrogen and oxygen atoms in total. The molecular formula is C12H14F3N5O. The summed E-state index contributed by atoms with van der Waals surface area (Å²) in [6, 6.07) is 1.71. The van der Waals surface area contributed by atoms with Gasteiger partial charge in [0.1, 0.15) is 5.82 Å². The van der Waals surface area contributed by atoms with E-state index in [2.05, 4.69) is 15.1 Å². The van der Waals surface area contributed by atoms with Gasteiger partial charge in [-0.15, -0.1) is 5.10 Å². The number of ether oxygens (including phenoxy) is 1. The maximum atomic E-state index is 12.7. The second kappa shape index (κ2) is 4.83. The van der Waals surface area contributed by atoms with Crippen molar-refractivity contribution in [1.82, 2.24) is 19.6 Å². The van der Waals surface area contributed by atoms with Crippen molar-refractivity contribution in [2.45, 2.75) is 13.1 Å². The van der Waals surface area contributed by atoms with E-state index in [4.69, 9.17) is 4.74 Å². The molecule has 2 aromatic rings. The zero-order chi connectivity index (χ0) is 15.2. The first kappa shape index (κ1) is 14.1. The third kappa shape index (κ3) is 2.53. The number of hydrogen-bond donors (Lipinski definition) is 0. The highest BCUT2D eigenvalue weighted by Crippen LogP contribution is 2.29. The maximum Gasteiger partial charge on any atom is 0.453 e. The van der Waals surface area contributed by atoms with Crippen LogP contribution in [0.15, 0.2) is 6.07 Å². The van der Waals surface area contributed by atoms with Crippen LogP contribution in [0.1, 0.15) is 11.5 Å². The zero-order valence-corrected chi connectivity index (χ0v) is 11.6. The Balaban J connectivity index is 1.97. The second-order valence-corrected chi connectivity index (χ2v) is 5.13. The minimum Gasteiger partial charge on any atom is -0.384 e. The topological polar surface area (TPSA) is 55.5 Å². The number of alkyl halides is 3. The predicted octanol–water partition coefficient (Wildman–Crippen LogP) is 1.53. The molecule has 0 radical (unpaired) electrons. The Bertz CT molecular complexity index is 663. The van der Waals surface area contributed by atoms with E-state index in [0.29, 0.717) is 37.1 Å². The highest BCUT2D eigenvalue weighted by Gasteiger charge is 2.37. The number of halogens is 3. The van der Waals surface area contributed by atoms with Gasteiger partial charge in [0, 0.05) is 37.9 Å². The lowest BCUT2D eigenvalue weighted by Gasteiger charge is -2.40. The first-order valence-corrected chi connectivity index (χ1v) is 6.44. The minimum absolute atomic E-state index is 0.0347. The molecule has 3 rings (SSSR count). The van der Waals surface area contributed by atoms with Crippen molar-refractivity contribution in [1.29, 1.82) is 0 Å². The van der Waals surface area contributed by atoms with Gasteiger partial charge in [-0.25, -0.2) is 4.98 Å². The van der Waals surface area contributed by atoms with Crippen molar-refractivity contribution in [3.05, 3.63) is 17.6 Å². The van der Waals surface area contributed by atoms with Crippen LogP contribution in [0.3, 0.4) is 0 Å². The Kier molecular flexibility index (Phi) is 3.23. The van der Waals surface area contributed by atoms with E-state index in [1.165, 1.54) is 0 Å². The molecule has 1 aliphatic rings. The van der Waals surface area contributed by atoms with Gasteiger partial charge in [0.2, 0.25) is 0 Å². The molecule has 1 aliphatic heterocycles. The molecule has 1 fully saturated rings. The molecule has 0 atom stereocenters. The van der Waals surface area contributed by atoms with Gasteiger partial charge in [0.05, 0.1) is 6.61 Å². The van der Waals surface area contributed by atoms with Gasteiger partial charge in [-0.1, -0.05) is 0 Å². The van der Waals surface area contributed by atoms with Crippen molar-refractivity contribution in [2.24, 2.45) is 5.92 Å². The molecule has 0 aromatic carbocycles. The molecule has 0 amide bonds. The first-order valence-electron chi connectivity index (χ1n) is 6.44. The van der Waals surface area contributed by atoms with Crippen molar-refractivity contribution < 1.29 is 17.9 Å². The van der Waals surface area contributed by atoms with E-state index < -0.39 is 12.0 Å². The first-order chi connectivity index (χ1) is 9.88. The summed E-state index contributed by atoms with van der Waals surface area (Å²) in [4.78, 5) is 9.42. The van der Waals surface area contributed by atoms with E-state index in [9.17, 15) is 13.2 Å². The molecule has 0 unspecified atom stereocenters. The third-order valence-electron chi connectivity index (χ3n) is 3.36. The average Bonchev–Trinajstić information content (AvgIpc) is 2.76. The Morgan fingerprint density at radius 3 is 2.67 bits per heavy atom. The number of fused-ring (bicyclic) bond motifs is 1. The lowest BCUT2D eigenvalue weighted by Crippen LogP contribution is -2.49. The van der Waals surface area contributed by atoms with Crippen molar-refractivity contribution >= 4 is 11.6 Å². The van der Waals surface area contributed by atoms with E-state index >= 15 is 0 Å². The molecule has 9 heteroatoms. The fraction of sp³-hybridized carbons (Fsp3) is 0.583. The van der Waals surface area contributed by atoms with Crippen LogP contribution in [0.4, 0.5) is 19.0 Å². The number of anilines is 1. The van der Waals surface area contributed by atoms with Crippen molar-refractivity contribution in [2.75, 3.05) is 31.7 Å². The Morgan fingerprint density at radius 1 is 1.33 bits per heavy atom. The molecule has 3 heterocycles. The van der Waals surface area contributed by atoms with Gasteiger partial charge in [0.25, 0.3) is 11.6 Å². The fourth-order valence-corrected chi connectivity index (χ4v) is 2.41. The number of methoxy groups -OCH3 is 1. The van der Waals surface area contributed by atoms with Crippen LogP contribution in [-0.2, 0) is 10.9 Å². The highest BCUT2D eigenvalue weighted by atomic mass is 19.4. The summed E-state index contributed by atoms with van der Waals surface area (Å²) in [6.45, 7) is 3.79. The van der Waals surface area contributed by atoms with Gasteiger partial charge in [-0.3, -0.25) is 0 Å². The largest absolute Gasteiger partial charge is 0.453 e. The Morgan fingerprint density at radius 2 is 2.05 bits per heavy atom. The summed E-state index contributed by atoms with van der Waals surface area (Å²) in [5.41, 5.74) is 0.605. The molecule has 0 bridgehead atoms. The molecule has 0 saturated carbocycles. The van der Waals surface area contributed by atoms with Crippen LogP contribution in [0.5, 0.6) is 0 Å². The Labute approximate surface area is 118 Å². The summed E-state index contributed by atoms with van der Waals surface area (Å²) in [6.07, 6.45) is -4.58.